The topological polar surface area (TPSA) is 74.2 Å². The summed E-state index contributed by atoms with van der Waals surface area (Å²) in [4.78, 5) is 31.1. The molecule has 38 heavy (non-hydrogen) atoms. The number of alkyl halides is 2. The highest BCUT2D eigenvalue weighted by Gasteiger charge is 2.47. The van der Waals surface area contributed by atoms with Gasteiger partial charge < -0.3 is 10.2 Å². The molecule has 1 aliphatic carbocycles. The number of anilines is 2. The van der Waals surface area contributed by atoms with E-state index < -0.39 is 12.2 Å². The van der Waals surface area contributed by atoms with Gasteiger partial charge in [0.15, 0.2) is 5.82 Å². The molecule has 2 aliphatic heterocycles. The quantitative estimate of drug-likeness (QED) is 0.448. The molecule has 1 saturated heterocycles. The molecule has 0 unspecified atom stereocenters. The Labute approximate surface area is 223 Å². The minimum Gasteiger partial charge on any atom is -0.341 e. The van der Waals surface area contributed by atoms with Gasteiger partial charge in [0.1, 0.15) is 11.5 Å². The van der Waals surface area contributed by atoms with E-state index in [0.29, 0.717) is 35.9 Å². The number of thiophene rings is 1. The Kier molecular flexibility index (Phi) is 6.59. The van der Waals surface area contributed by atoms with E-state index in [1.54, 1.807) is 22.1 Å². The number of carbonyl (C=O) groups is 1. The van der Waals surface area contributed by atoms with Crippen molar-refractivity contribution >= 4 is 29.0 Å². The number of piperidine rings is 1. The largest absolute Gasteiger partial charge is 0.341 e. The van der Waals surface area contributed by atoms with Crippen molar-refractivity contribution in [1.29, 1.82) is 0 Å². The zero-order valence-corrected chi connectivity index (χ0v) is 21.9. The molecule has 0 bridgehead atoms. The molecule has 1 spiro atoms. The summed E-state index contributed by atoms with van der Waals surface area (Å²) < 4.78 is 40.1. The monoisotopic (exact) mass is 542 g/mol. The fourth-order valence-electron chi connectivity index (χ4n) is 5.93. The normalized spacial score (nSPS) is 19.6. The number of likely N-dealkylation sites (tertiary alicyclic amines) is 1. The van der Waals surface area contributed by atoms with E-state index in [0.717, 1.165) is 48.7 Å². The van der Waals surface area contributed by atoms with Crippen molar-refractivity contribution in [3.63, 3.8) is 0 Å². The van der Waals surface area contributed by atoms with Crippen molar-refractivity contribution in [3.8, 4) is 10.6 Å². The Bertz CT molecular complexity index is 1340. The second-order valence-electron chi connectivity index (χ2n) is 10.6. The Morgan fingerprint density at radius 2 is 1.97 bits per heavy atom. The highest BCUT2D eigenvalue weighted by Crippen LogP contribution is 2.52. The predicted octanol–water partition coefficient (Wildman–Crippen LogP) is 5.43. The van der Waals surface area contributed by atoms with Crippen LogP contribution < -0.4 is 5.32 Å². The van der Waals surface area contributed by atoms with Gasteiger partial charge in [0.05, 0.1) is 23.2 Å². The standard InChI is InChI=1S/C27H29F3N6OS/c1-35-15-27(7-2-8-27)24-18(25(35)37)11-20(38-24)23-19(28)13-32-26(34-23)33-22-4-3-17(12-31-22)16-5-9-36(10-6-16)14-21(29)30/h3-4,11-13,16,21H,2,5-10,14-15H2,1H3,(H,31,32,33,34). The fraction of sp³-hybridized carbons (Fsp3) is 0.481. The number of nitrogens with zero attached hydrogens (tertiary/aromatic N) is 5. The van der Waals surface area contributed by atoms with E-state index in [2.05, 4.69) is 20.3 Å². The van der Waals surface area contributed by atoms with Gasteiger partial charge in [-0.05, 0) is 62.4 Å². The molecule has 5 heterocycles. The van der Waals surface area contributed by atoms with Gasteiger partial charge in [-0.25, -0.2) is 28.1 Å². The number of nitrogens with one attached hydrogen (secondary N) is 1. The molecule has 0 aromatic carbocycles. The third kappa shape index (κ3) is 4.66. The van der Waals surface area contributed by atoms with Crippen molar-refractivity contribution in [1.82, 2.24) is 24.8 Å². The van der Waals surface area contributed by atoms with Gasteiger partial charge in [-0.2, -0.15) is 0 Å². The molecular formula is C27H29F3N6OS. The molecule has 2 fully saturated rings. The molecule has 1 saturated carbocycles. The number of aromatic nitrogens is 3. The number of halogens is 3. The van der Waals surface area contributed by atoms with Crippen LogP contribution in [0.25, 0.3) is 10.6 Å². The van der Waals surface area contributed by atoms with Gasteiger partial charge in [-0.1, -0.05) is 12.5 Å². The average Bonchev–Trinajstić information content (AvgIpc) is 3.33. The molecule has 0 radical (unpaired) electrons. The van der Waals surface area contributed by atoms with Crippen LogP contribution in [-0.4, -0.2) is 70.3 Å². The minimum absolute atomic E-state index is 0.0172. The first-order chi connectivity index (χ1) is 18.3. The summed E-state index contributed by atoms with van der Waals surface area (Å²) in [6, 6.07) is 5.57. The molecule has 6 rings (SSSR count). The van der Waals surface area contributed by atoms with E-state index in [1.807, 2.05) is 19.2 Å². The van der Waals surface area contributed by atoms with Gasteiger partial charge in [-0.3, -0.25) is 9.69 Å². The number of fused-ring (bicyclic) bond motifs is 2. The van der Waals surface area contributed by atoms with Crippen LogP contribution in [0.5, 0.6) is 0 Å². The maximum Gasteiger partial charge on any atom is 0.254 e. The molecule has 0 atom stereocenters. The van der Waals surface area contributed by atoms with E-state index in [4.69, 9.17) is 0 Å². The highest BCUT2D eigenvalue weighted by atomic mass is 32.1. The summed E-state index contributed by atoms with van der Waals surface area (Å²) >= 11 is 1.46. The lowest BCUT2D eigenvalue weighted by atomic mass is 9.65. The molecule has 1 amide bonds. The first kappa shape index (κ1) is 25.2. The summed E-state index contributed by atoms with van der Waals surface area (Å²) in [6.07, 6.45) is 5.45. The molecule has 7 nitrogen and oxygen atoms in total. The lowest BCUT2D eigenvalue weighted by Gasteiger charge is -2.47. The van der Waals surface area contributed by atoms with Crippen LogP contribution in [0.1, 0.15) is 58.8 Å². The van der Waals surface area contributed by atoms with Gasteiger partial charge in [0.25, 0.3) is 12.3 Å². The van der Waals surface area contributed by atoms with Crippen LogP contribution in [0.3, 0.4) is 0 Å². The molecule has 1 N–H and O–H groups in total. The van der Waals surface area contributed by atoms with Crippen LogP contribution in [0.4, 0.5) is 24.9 Å². The first-order valence-corrected chi connectivity index (χ1v) is 13.8. The van der Waals surface area contributed by atoms with Crippen molar-refractivity contribution in [3.05, 3.63) is 52.4 Å². The van der Waals surface area contributed by atoms with Crippen molar-refractivity contribution < 1.29 is 18.0 Å². The maximum atomic E-state index is 14.9. The Hall–Kier alpha value is -3.05. The zero-order valence-electron chi connectivity index (χ0n) is 21.1. The second-order valence-corrected chi connectivity index (χ2v) is 11.7. The lowest BCUT2D eigenvalue weighted by molar-refractivity contribution is 0.0659. The highest BCUT2D eigenvalue weighted by molar-refractivity contribution is 7.16. The molecule has 3 aromatic rings. The van der Waals surface area contributed by atoms with E-state index in [9.17, 15) is 18.0 Å². The number of pyridine rings is 1. The second kappa shape index (κ2) is 9.92. The summed E-state index contributed by atoms with van der Waals surface area (Å²) in [6.45, 7) is 1.83. The zero-order chi connectivity index (χ0) is 26.4. The molecule has 3 aromatic heterocycles. The smallest absolute Gasteiger partial charge is 0.254 e. The Morgan fingerprint density at radius 1 is 1.18 bits per heavy atom. The van der Waals surface area contributed by atoms with Crippen LogP contribution >= 0.6 is 11.3 Å². The van der Waals surface area contributed by atoms with Crippen molar-refractivity contribution in [2.75, 3.05) is 38.5 Å². The minimum atomic E-state index is -2.30. The van der Waals surface area contributed by atoms with Crippen LogP contribution in [-0.2, 0) is 5.41 Å². The van der Waals surface area contributed by atoms with Gasteiger partial charge in [-0.15, -0.1) is 11.3 Å². The fourth-order valence-corrected chi connectivity index (χ4v) is 7.31. The average molecular weight is 543 g/mol. The lowest BCUT2D eigenvalue weighted by Crippen LogP contribution is -2.50. The summed E-state index contributed by atoms with van der Waals surface area (Å²) in [5.74, 6) is 0.452. The number of hydrogen-bond donors (Lipinski definition) is 1. The van der Waals surface area contributed by atoms with E-state index in [1.165, 1.54) is 11.3 Å². The number of rotatable bonds is 6. The third-order valence-electron chi connectivity index (χ3n) is 8.10. The molecule has 200 valence electrons. The SMILES string of the molecule is CN1CC2(CCC2)c2sc(-c3nc(Nc4ccc(C5CCN(CC(F)F)CC5)cn4)ncc3F)cc2C1=O. The van der Waals surface area contributed by atoms with E-state index in [-0.39, 0.29) is 35.4 Å². The molecule has 3 aliphatic rings. The van der Waals surface area contributed by atoms with Crippen LogP contribution in [0, 0.1) is 5.82 Å². The van der Waals surface area contributed by atoms with E-state index >= 15 is 0 Å². The van der Waals surface area contributed by atoms with Gasteiger partial charge >= 0.3 is 0 Å². The van der Waals surface area contributed by atoms with Crippen LogP contribution in [0.15, 0.2) is 30.6 Å². The van der Waals surface area contributed by atoms with Crippen molar-refractivity contribution in [2.24, 2.45) is 0 Å². The summed E-state index contributed by atoms with van der Waals surface area (Å²) in [5, 5.41) is 3.05. The number of hydrogen-bond acceptors (Lipinski definition) is 7. The number of amides is 1. The van der Waals surface area contributed by atoms with Crippen LogP contribution in [0.2, 0.25) is 0 Å². The predicted molar refractivity (Wildman–Crippen MR) is 140 cm³/mol. The maximum absolute atomic E-state index is 14.9. The summed E-state index contributed by atoms with van der Waals surface area (Å²) in [5.41, 5.74) is 1.87. The third-order valence-corrected chi connectivity index (χ3v) is 9.49. The number of carbonyl (C=O) groups excluding carboxylic acids is 1. The molecular weight excluding hydrogens is 513 g/mol. The van der Waals surface area contributed by atoms with Crippen molar-refractivity contribution in [2.45, 2.75) is 49.9 Å². The Morgan fingerprint density at radius 3 is 2.63 bits per heavy atom. The van der Waals surface area contributed by atoms with Gasteiger partial charge in [0, 0.05) is 30.1 Å². The summed E-state index contributed by atoms with van der Waals surface area (Å²) in [7, 11) is 1.82. The molecule has 11 heteroatoms. The number of likely N-dealkylation sites (N-methyl/N-ethyl adjacent to an activating group) is 1. The van der Waals surface area contributed by atoms with Gasteiger partial charge in [0.2, 0.25) is 5.95 Å². The first-order valence-electron chi connectivity index (χ1n) is 13.0. The Balaban J connectivity index is 1.18.